The standard InChI is InChI=1S/C23H19N3O3S2/c1-26(19-12-6-3-7-13-19)31(28,29)20-14-8-11-18(15-20)24-22(27)21-16-30-23(25-21)17-9-4-2-5-10-17/h2-16H,1H3,(H,24,27). The van der Waals surface area contributed by atoms with Gasteiger partial charge in [-0.25, -0.2) is 13.4 Å². The number of para-hydroxylation sites is 1. The molecule has 3 aromatic carbocycles. The van der Waals surface area contributed by atoms with Crippen molar-refractivity contribution in [2.75, 3.05) is 16.7 Å². The molecule has 0 atom stereocenters. The number of amides is 1. The number of rotatable bonds is 6. The van der Waals surface area contributed by atoms with Gasteiger partial charge in [0, 0.05) is 23.7 Å². The number of aromatic nitrogens is 1. The van der Waals surface area contributed by atoms with E-state index in [1.165, 1.54) is 34.8 Å². The third-order valence-corrected chi connectivity index (χ3v) is 7.30. The molecule has 0 aliphatic carbocycles. The van der Waals surface area contributed by atoms with E-state index in [4.69, 9.17) is 0 Å². The van der Waals surface area contributed by atoms with Crippen molar-refractivity contribution < 1.29 is 13.2 Å². The summed E-state index contributed by atoms with van der Waals surface area (Å²) in [6, 6.07) is 24.6. The van der Waals surface area contributed by atoms with Gasteiger partial charge in [-0.3, -0.25) is 9.10 Å². The molecule has 0 bridgehead atoms. The van der Waals surface area contributed by atoms with E-state index in [1.807, 2.05) is 36.4 Å². The molecular formula is C23H19N3O3S2. The maximum absolute atomic E-state index is 13.0. The molecule has 0 fully saturated rings. The Morgan fingerprint density at radius 2 is 1.61 bits per heavy atom. The van der Waals surface area contributed by atoms with Gasteiger partial charge >= 0.3 is 0 Å². The number of nitrogens with zero attached hydrogens (tertiary/aromatic N) is 2. The van der Waals surface area contributed by atoms with E-state index < -0.39 is 15.9 Å². The van der Waals surface area contributed by atoms with Crippen LogP contribution in [0.15, 0.2) is 95.2 Å². The van der Waals surface area contributed by atoms with Crippen LogP contribution in [0.5, 0.6) is 0 Å². The van der Waals surface area contributed by atoms with E-state index in [0.717, 1.165) is 10.6 Å². The first-order chi connectivity index (χ1) is 14.9. The fraction of sp³-hybridized carbons (Fsp3) is 0.0435. The van der Waals surface area contributed by atoms with E-state index in [2.05, 4.69) is 10.3 Å². The molecule has 0 aliphatic rings. The average molecular weight is 450 g/mol. The van der Waals surface area contributed by atoms with E-state index in [-0.39, 0.29) is 10.6 Å². The molecule has 1 heterocycles. The van der Waals surface area contributed by atoms with Crippen LogP contribution in [0.2, 0.25) is 0 Å². The molecule has 156 valence electrons. The van der Waals surface area contributed by atoms with Gasteiger partial charge in [0.15, 0.2) is 0 Å². The van der Waals surface area contributed by atoms with Crippen molar-refractivity contribution in [1.29, 1.82) is 0 Å². The van der Waals surface area contributed by atoms with Crippen molar-refractivity contribution in [3.63, 3.8) is 0 Å². The van der Waals surface area contributed by atoms with E-state index >= 15 is 0 Å². The average Bonchev–Trinajstić information content (AvgIpc) is 3.30. The van der Waals surface area contributed by atoms with Crippen LogP contribution in [0, 0.1) is 0 Å². The maximum atomic E-state index is 13.0. The Hall–Kier alpha value is -3.49. The predicted octanol–water partition coefficient (Wildman–Crippen LogP) is 4.89. The zero-order valence-corrected chi connectivity index (χ0v) is 18.2. The van der Waals surface area contributed by atoms with E-state index in [0.29, 0.717) is 11.4 Å². The highest BCUT2D eigenvalue weighted by atomic mass is 32.2. The van der Waals surface area contributed by atoms with Gasteiger partial charge in [-0.1, -0.05) is 54.6 Å². The van der Waals surface area contributed by atoms with Crippen LogP contribution in [0.1, 0.15) is 10.5 Å². The van der Waals surface area contributed by atoms with Crippen molar-refractivity contribution in [3.05, 3.63) is 96.0 Å². The van der Waals surface area contributed by atoms with Gasteiger partial charge in [0.1, 0.15) is 10.7 Å². The molecular weight excluding hydrogens is 430 g/mol. The van der Waals surface area contributed by atoms with Gasteiger partial charge in [0.05, 0.1) is 10.6 Å². The van der Waals surface area contributed by atoms with E-state index in [9.17, 15) is 13.2 Å². The number of sulfonamides is 1. The molecule has 4 rings (SSSR count). The van der Waals surface area contributed by atoms with Crippen LogP contribution in [-0.4, -0.2) is 26.4 Å². The molecule has 6 nitrogen and oxygen atoms in total. The summed E-state index contributed by atoms with van der Waals surface area (Å²) in [6.45, 7) is 0. The molecule has 0 radical (unpaired) electrons. The molecule has 1 amide bonds. The molecule has 4 aromatic rings. The Balaban J connectivity index is 1.54. The number of hydrogen-bond donors (Lipinski definition) is 1. The number of carbonyl (C=O) groups excluding carboxylic acids is 1. The fourth-order valence-corrected chi connectivity index (χ4v) is 5.00. The second kappa shape index (κ2) is 8.71. The summed E-state index contributed by atoms with van der Waals surface area (Å²) < 4.78 is 27.2. The third kappa shape index (κ3) is 4.50. The van der Waals surface area contributed by atoms with Crippen LogP contribution >= 0.6 is 11.3 Å². The predicted molar refractivity (Wildman–Crippen MR) is 124 cm³/mol. The van der Waals surface area contributed by atoms with Gasteiger partial charge in [0.2, 0.25) is 0 Å². The zero-order chi connectivity index (χ0) is 21.8. The lowest BCUT2D eigenvalue weighted by Crippen LogP contribution is -2.26. The molecule has 0 unspecified atom stereocenters. The summed E-state index contributed by atoms with van der Waals surface area (Å²) in [7, 11) is -2.28. The number of nitrogens with one attached hydrogen (secondary N) is 1. The monoisotopic (exact) mass is 449 g/mol. The second-order valence-corrected chi connectivity index (χ2v) is 9.52. The van der Waals surface area contributed by atoms with Crippen LogP contribution < -0.4 is 9.62 Å². The first-order valence-corrected chi connectivity index (χ1v) is 11.7. The fourth-order valence-electron chi connectivity index (χ4n) is 2.96. The number of carbonyl (C=O) groups is 1. The minimum Gasteiger partial charge on any atom is -0.321 e. The SMILES string of the molecule is CN(c1ccccc1)S(=O)(=O)c1cccc(NC(=O)c2csc(-c3ccccc3)n2)c1. The highest BCUT2D eigenvalue weighted by Gasteiger charge is 2.22. The summed E-state index contributed by atoms with van der Waals surface area (Å²) in [5.41, 5.74) is 2.14. The molecule has 0 spiro atoms. The smallest absolute Gasteiger partial charge is 0.275 e. The molecule has 0 saturated carbocycles. The van der Waals surface area contributed by atoms with Gasteiger partial charge in [0.25, 0.3) is 15.9 Å². The molecule has 0 saturated heterocycles. The highest BCUT2D eigenvalue weighted by molar-refractivity contribution is 7.92. The Bertz CT molecular complexity index is 1300. The molecule has 1 aromatic heterocycles. The topological polar surface area (TPSA) is 79.4 Å². The minimum absolute atomic E-state index is 0.0832. The van der Waals surface area contributed by atoms with Crippen LogP contribution in [0.3, 0.4) is 0 Å². The minimum atomic E-state index is -3.78. The van der Waals surface area contributed by atoms with Crippen molar-refractivity contribution in [3.8, 4) is 10.6 Å². The van der Waals surface area contributed by atoms with Crippen molar-refractivity contribution >= 4 is 38.6 Å². The number of thiazole rings is 1. The summed E-state index contributed by atoms with van der Waals surface area (Å²) in [5.74, 6) is -0.399. The summed E-state index contributed by atoms with van der Waals surface area (Å²) in [4.78, 5) is 17.1. The Labute approximate surface area is 184 Å². The van der Waals surface area contributed by atoms with Gasteiger partial charge in [-0.15, -0.1) is 11.3 Å². The van der Waals surface area contributed by atoms with Crippen molar-refractivity contribution in [1.82, 2.24) is 4.98 Å². The summed E-state index contributed by atoms with van der Waals surface area (Å²) in [6.07, 6.45) is 0. The molecule has 1 N–H and O–H groups in total. The van der Waals surface area contributed by atoms with Crippen molar-refractivity contribution in [2.24, 2.45) is 0 Å². The lowest BCUT2D eigenvalue weighted by atomic mass is 10.2. The lowest BCUT2D eigenvalue weighted by Gasteiger charge is -2.19. The molecule has 0 aliphatic heterocycles. The Morgan fingerprint density at radius 3 is 2.32 bits per heavy atom. The van der Waals surface area contributed by atoms with Gasteiger partial charge in [-0.05, 0) is 30.3 Å². The molecule has 31 heavy (non-hydrogen) atoms. The first-order valence-electron chi connectivity index (χ1n) is 9.41. The Morgan fingerprint density at radius 1 is 0.935 bits per heavy atom. The molecule has 8 heteroatoms. The summed E-state index contributed by atoms with van der Waals surface area (Å²) in [5, 5.41) is 5.16. The van der Waals surface area contributed by atoms with Gasteiger partial charge < -0.3 is 5.32 Å². The largest absolute Gasteiger partial charge is 0.321 e. The normalized spacial score (nSPS) is 11.1. The van der Waals surface area contributed by atoms with Crippen molar-refractivity contribution in [2.45, 2.75) is 4.90 Å². The number of benzene rings is 3. The highest BCUT2D eigenvalue weighted by Crippen LogP contribution is 2.26. The maximum Gasteiger partial charge on any atom is 0.275 e. The lowest BCUT2D eigenvalue weighted by molar-refractivity contribution is 0.102. The van der Waals surface area contributed by atoms with E-state index in [1.54, 1.807) is 41.8 Å². The quantitative estimate of drug-likeness (QED) is 0.455. The summed E-state index contributed by atoms with van der Waals surface area (Å²) >= 11 is 1.38. The Kier molecular flexibility index (Phi) is 5.83. The third-order valence-electron chi connectivity index (χ3n) is 4.63. The number of hydrogen-bond acceptors (Lipinski definition) is 5. The van der Waals surface area contributed by atoms with Crippen LogP contribution in [0.25, 0.3) is 10.6 Å². The first kappa shape index (κ1) is 20.8. The van der Waals surface area contributed by atoms with Gasteiger partial charge in [-0.2, -0.15) is 0 Å². The van der Waals surface area contributed by atoms with Crippen LogP contribution in [-0.2, 0) is 10.0 Å². The zero-order valence-electron chi connectivity index (χ0n) is 16.6. The second-order valence-electron chi connectivity index (χ2n) is 6.69. The number of anilines is 2. The van der Waals surface area contributed by atoms with Crippen LogP contribution in [0.4, 0.5) is 11.4 Å².